The zero-order chi connectivity index (χ0) is 14.5. The van der Waals surface area contributed by atoms with Gasteiger partial charge in [0.2, 0.25) is 0 Å². The van der Waals surface area contributed by atoms with Gasteiger partial charge in [-0.1, -0.05) is 31.2 Å². The fourth-order valence-corrected chi connectivity index (χ4v) is 2.25. The lowest BCUT2D eigenvalue weighted by atomic mass is 9.97. The molecule has 2 rings (SSSR count). The van der Waals surface area contributed by atoms with E-state index in [1.165, 1.54) is 0 Å². The Morgan fingerprint density at radius 2 is 1.85 bits per heavy atom. The van der Waals surface area contributed by atoms with E-state index >= 15 is 0 Å². The summed E-state index contributed by atoms with van der Waals surface area (Å²) in [4.78, 5) is 0. The van der Waals surface area contributed by atoms with Crippen LogP contribution < -0.4 is 5.32 Å². The van der Waals surface area contributed by atoms with Gasteiger partial charge in [-0.3, -0.25) is 0 Å². The Balaban J connectivity index is 2.21. The summed E-state index contributed by atoms with van der Waals surface area (Å²) in [7, 11) is 0. The predicted octanol–water partition coefficient (Wildman–Crippen LogP) is 3.73. The molecule has 0 heterocycles. The molecule has 0 aliphatic carbocycles. The van der Waals surface area contributed by atoms with Crippen molar-refractivity contribution in [3.05, 3.63) is 65.0 Å². The van der Waals surface area contributed by atoms with E-state index in [4.69, 9.17) is 0 Å². The Kier molecular flexibility index (Phi) is 4.74. The standard InChI is InChI=1S/C17H20FNO/c1-3-19-17(10-13-5-8-15(20)9-6-13)14-7-4-12(2)16(18)11-14/h4-9,11,17,19-20H,3,10H2,1-2H3. The first-order valence-corrected chi connectivity index (χ1v) is 6.87. The summed E-state index contributed by atoms with van der Waals surface area (Å²) in [6.45, 7) is 4.62. The van der Waals surface area contributed by atoms with Crippen molar-refractivity contribution in [1.82, 2.24) is 5.32 Å². The largest absolute Gasteiger partial charge is 0.508 e. The zero-order valence-corrected chi connectivity index (χ0v) is 11.9. The molecule has 0 spiro atoms. The highest BCUT2D eigenvalue weighted by atomic mass is 19.1. The molecule has 1 unspecified atom stereocenters. The quantitative estimate of drug-likeness (QED) is 0.870. The topological polar surface area (TPSA) is 32.3 Å². The average molecular weight is 273 g/mol. The minimum atomic E-state index is -0.170. The second-order valence-corrected chi connectivity index (χ2v) is 4.99. The van der Waals surface area contributed by atoms with Gasteiger partial charge < -0.3 is 10.4 Å². The third kappa shape index (κ3) is 3.58. The van der Waals surface area contributed by atoms with E-state index in [1.54, 1.807) is 25.1 Å². The van der Waals surface area contributed by atoms with Crippen LogP contribution in [-0.4, -0.2) is 11.7 Å². The maximum absolute atomic E-state index is 13.7. The summed E-state index contributed by atoms with van der Waals surface area (Å²) < 4.78 is 13.7. The van der Waals surface area contributed by atoms with Gasteiger partial charge in [-0.2, -0.15) is 0 Å². The van der Waals surface area contributed by atoms with Crippen LogP contribution in [0.5, 0.6) is 5.75 Å². The van der Waals surface area contributed by atoms with E-state index in [-0.39, 0.29) is 17.6 Å². The summed E-state index contributed by atoms with van der Waals surface area (Å²) >= 11 is 0. The van der Waals surface area contributed by atoms with Gasteiger partial charge in [0.05, 0.1) is 0 Å². The van der Waals surface area contributed by atoms with Crippen LogP contribution >= 0.6 is 0 Å². The molecule has 0 fully saturated rings. The van der Waals surface area contributed by atoms with Crippen molar-refractivity contribution in [2.45, 2.75) is 26.3 Å². The third-order valence-corrected chi connectivity index (χ3v) is 3.42. The molecular formula is C17H20FNO. The second kappa shape index (κ2) is 6.53. The van der Waals surface area contributed by atoms with E-state index in [9.17, 15) is 9.50 Å². The lowest BCUT2D eigenvalue weighted by molar-refractivity contribution is 0.474. The smallest absolute Gasteiger partial charge is 0.126 e. The van der Waals surface area contributed by atoms with Gasteiger partial charge in [0.15, 0.2) is 0 Å². The highest BCUT2D eigenvalue weighted by Crippen LogP contribution is 2.22. The lowest BCUT2D eigenvalue weighted by Crippen LogP contribution is -2.23. The average Bonchev–Trinajstić information content (AvgIpc) is 2.44. The fraction of sp³-hybridized carbons (Fsp3) is 0.294. The Morgan fingerprint density at radius 3 is 2.45 bits per heavy atom. The van der Waals surface area contributed by atoms with Crippen molar-refractivity contribution in [1.29, 1.82) is 0 Å². The highest BCUT2D eigenvalue weighted by Gasteiger charge is 2.12. The van der Waals surface area contributed by atoms with E-state index in [2.05, 4.69) is 5.32 Å². The Morgan fingerprint density at radius 1 is 1.15 bits per heavy atom. The van der Waals surface area contributed by atoms with E-state index in [0.29, 0.717) is 5.56 Å². The fourth-order valence-electron chi connectivity index (χ4n) is 2.25. The van der Waals surface area contributed by atoms with Crippen LogP contribution in [0.4, 0.5) is 4.39 Å². The molecule has 2 aromatic rings. The van der Waals surface area contributed by atoms with E-state index < -0.39 is 0 Å². The van der Waals surface area contributed by atoms with Crippen molar-refractivity contribution in [3.63, 3.8) is 0 Å². The molecule has 0 radical (unpaired) electrons. The van der Waals surface area contributed by atoms with E-state index in [1.807, 2.05) is 31.2 Å². The van der Waals surface area contributed by atoms with Gasteiger partial charge >= 0.3 is 0 Å². The highest BCUT2D eigenvalue weighted by molar-refractivity contribution is 5.30. The van der Waals surface area contributed by atoms with Gasteiger partial charge in [0, 0.05) is 6.04 Å². The molecule has 0 saturated heterocycles. The number of likely N-dealkylation sites (N-methyl/N-ethyl adjacent to an activating group) is 1. The Bertz CT molecular complexity index is 566. The molecule has 0 aliphatic heterocycles. The number of phenolic OH excluding ortho intramolecular Hbond substituents is 1. The molecule has 3 heteroatoms. The van der Waals surface area contributed by atoms with Crippen LogP contribution in [0.25, 0.3) is 0 Å². The van der Waals surface area contributed by atoms with Crippen LogP contribution in [0.1, 0.15) is 29.7 Å². The number of rotatable bonds is 5. The summed E-state index contributed by atoms with van der Waals surface area (Å²) in [5, 5.41) is 12.7. The first kappa shape index (κ1) is 14.5. The van der Waals surface area contributed by atoms with Crippen molar-refractivity contribution in [2.24, 2.45) is 0 Å². The summed E-state index contributed by atoms with van der Waals surface area (Å²) in [5.74, 6) is 0.0891. The monoisotopic (exact) mass is 273 g/mol. The van der Waals surface area contributed by atoms with Crippen molar-refractivity contribution >= 4 is 0 Å². The number of nitrogens with one attached hydrogen (secondary N) is 1. The number of aryl methyl sites for hydroxylation is 1. The molecule has 2 nitrogen and oxygen atoms in total. The zero-order valence-electron chi connectivity index (χ0n) is 11.9. The lowest BCUT2D eigenvalue weighted by Gasteiger charge is -2.19. The molecule has 0 aromatic heterocycles. The predicted molar refractivity (Wildman–Crippen MR) is 79.4 cm³/mol. The molecule has 0 aliphatic rings. The number of aromatic hydroxyl groups is 1. The van der Waals surface area contributed by atoms with Gasteiger partial charge in [-0.15, -0.1) is 0 Å². The van der Waals surface area contributed by atoms with E-state index in [0.717, 1.165) is 24.1 Å². The molecular weight excluding hydrogens is 253 g/mol. The maximum atomic E-state index is 13.7. The summed E-state index contributed by atoms with van der Waals surface area (Å²) in [6.07, 6.45) is 0.761. The van der Waals surface area contributed by atoms with Crippen LogP contribution in [0.2, 0.25) is 0 Å². The maximum Gasteiger partial charge on any atom is 0.126 e. The normalized spacial score (nSPS) is 12.3. The van der Waals surface area contributed by atoms with Gasteiger partial charge in [-0.25, -0.2) is 4.39 Å². The van der Waals surface area contributed by atoms with Crippen LogP contribution in [0.15, 0.2) is 42.5 Å². The SMILES string of the molecule is CCNC(Cc1ccc(O)cc1)c1ccc(C)c(F)c1. The second-order valence-electron chi connectivity index (χ2n) is 4.99. The van der Waals surface area contributed by atoms with Crippen molar-refractivity contribution in [3.8, 4) is 5.75 Å². The minimum absolute atomic E-state index is 0.0691. The molecule has 0 bridgehead atoms. The molecule has 2 N–H and O–H groups in total. The Labute approximate surface area is 119 Å². The number of hydrogen-bond donors (Lipinski definition) is 2. The number of hydrogen-bond acceptors (Lipinski definition) is 2. The molecule has 20 heavy (non-hydrogen) atoms. The molecule has 0 saturated carbocycles. The first-order chi connectivity index (χ1) is 9.60. The van der Waals surface area contributed by atoms with Crippen LogP contribution in [0, 0.1) is 12.7 Å². The first-order valence-electron chi connectivity index (χ1n) is 6.87. The molecule has 106 valence electrons. The van der Waals surface area contributed by atoms with Crippen molar-refractivity contribution < 1.29 is 9.50 Å². The number of halogens is 1. The third-order valence-electron chi connectivity index (χ3n) is 3.42. The molecule has 2 aromatic carbocycles. The summed E-state index contributed by atoms with van der Waals surface area (Å²) in [5.41, 5.74) is 2.71. The van der Waals surface area contributed by atoms with Gasteiger partial charge in [0.25, 0.3) is 0 Å². The number of phenols is 1. The molecule has 0 amide bonds. The van der Waals surface area contributed by atoms with Crippen LogP contribution in [0.3, 0.4) is 0 Å². The van der Waals surface area contributed by atoms with Gasteiger partial charge in [-0.05, 0) is 54.8 Å². The van der Waals surface area contributed by atoms with Gasteiger partial charge in [0.1, 0.15) is 11.6 Å². The Hall–Kier alpha value is -1.87. The number of benzene rings is 2. The van der Waals surface area contributed by atoms with Crippen molar-refractivity contribution in [2.75, 3.05) is 6.54 Å². The van der Waals surface area contributed by atoms with Crippen LogP contribution in [-0.2, 0) is 6.42 Å². The molecule has 1 atom stereocenters. The minimum Gasteiger partial charge on any atom is -0.508 e. The summed E-state index contributed by atoms with van der Waals surface area (Å²) in [6, 6.07) is 12.6.